The summed E-state index contributed by atoms with van der Waals surface area (Å²) in [7, 11) is 0. The van der Waals surface area contributed by atoms with E-state index in [1.165, 1.54) is 148 Å². The van der Waals surface area contributed by atoms with Gasteiger partial charge in [0.05, 0.1) is 25.4 Å². The minimum absolute atomic E-state index is 0.111. The summed E-state index contributed by atoms with van der Waals surface area (Å²) >= 11 is 0. The van der Waals surface area contributed by atoms with Gasteiger partial charge in [-0.1, -0.05) is 227 Å². The Morgan fingerprint density at radius 1 is 0.478 bits per heavy atom. The molecule has 0 amide bonds. The molecule has 0 aromatic carbocycles. The average molecular weight is 979 g/mol. The topological polar surface area (TPSA) is 112 Å². The Morgan fingerprint density at radius 2 is 0.870 bits per heavy atom. The molecule has 9 nitrogen and oxygen atoms in total. The molecule has 0 radical (unpaired) electrons. The van der Waals surface area contributed by atoms with Crippen molar-refractivity contribution in [2.24, 2.45) is 0 Å². The first-order valence-corrected chi connectivity index (χ1v) is 30.4. The van der Waals surface area contributed by atoms with Crippen LogP contribution in [0.15, 0.2) is 0 Å². The van der Waals surface area contributed by atoms with Gasteiger partial charge in [-0.25, -0.2) is 0 Å². The lowest BCUT2D eigenvalue weighted by molar-refractivity contribution is -0.259. The first-order valence-electron chi connectivity index (χ1n) is 30.4. The fourth-order valence-corrected chi connectivity index (χ4v) is 10.1. The van der Waals surface area contributed by atoms with Gasteiger partial charge in [-0.05, 0) is 64.3 Å². The van der Waals surface area contributed by atoms with Crippen LogP contribution in [-0.4, -0.2) is 78.3 Å². The number of carbonyl (C=O) groups excluding carboxylic acids is 3. The number of β-amino-alcohol motifs (C(OH)–C–C–N with tert-alkyl or cyclic N) is 1. The van der Waals surface area contributed by atoms with Crippen molar-refractivity contribution >= 4 is 17.9 Å². The van der Waals surface area contributed by atoms with Gasteiger partial charge < -0.3 is 24.1 Å². The number of esters is 3. The molecule has 1 saturated heterocycles. The van der Waals surface area contributed by atoms with Crippen LogP contribution in [-0.2, 0) is 33.3 Å². The second-order valence-electron chi connectivity index (χ2n) is 21.3. The van der Waals surface area contributed by atoms with Gasteiger partial charge in [0.25, 0.3) is 0 Å². The number of likely N-dealkylation sites (tertiary alicyclic amines) is 1. The van der Waals surface area contributed by atoms with E-state index in [1.54, 1.807) is 0 Å². The second-order valence-corrected chi connectivity index (χ2v) is 21.3. The monoisotopic (exact) mass is 978 g/mol. The van der Waals surface area contributed by atoms with Crippen LogP contribution in [0.4, 0.5) is 0 Å². The van der Waals surface area contributed by atoms with Gasteiger partial charge in [-0.3, -0.25) is 19.3 Å². The van der Waals surface area contributed by atoms with E-state index in [4.69, 9.17) is 18.9 Å². The van der Waals surface area contributed by atoms with Crippen LogP contribution >= 0.6 is 0 Å². The lowest BCUT2D eigenvalue weighted by Crippen LogP contribution is -2.42. The molecule has 1 fully saturated rings. The number of carbonyl (C=O) groups is 3. The fraction of sp³-hybridized carbons (Fsp3) is 0.950. The van der Waals surface area contributed by atoms with Crippen molar-refractivity contribution in [3.63, 3.8) is 0 Å². The Balaban J connectivity index is 2.56. The maximum atomic E-state index is 13.8. The molecule has 1 aliphatic rings. The van der Waals surface area contributed by atoms with Crippen LogP contribution in [0, 0.1) is 0 Å². The van der Waals surface area contributed by atoms with Crippen molar-refractivity contribution in [2.75, 3.05) is 26.3 Å². The van der Waals surface area contributed by atoms with E-state index in [0.29, 0.717) is 45.6 Å². The largest absolute Gasteiger partial charge is 0.466 e. The molecule has 1 N–H and O–H groups in total. The summed E-state index contributed by atoms with van der Waals surface area (Å²) in [5, 5.41) is 10.4. The Kier molecular flexibility index (Phi) is 44.8. The van der Waals surface area contributed by atoms with Gasteiger partial charge in [-0.2, -0.15) is 0 Å². The van der Waals surface area contributed by atoms with Crippen LogP contribution < -0.4 is 0 Å². The molecule has 408 valence electrons. The van der Waals surface area contributed by atoms with Gasteiger partial charge in [0.15, 0.2) is 0 Å². The molecule has 3 unspecified atom stereocenters. The molecule has 69 heavy (non-hydrogen) atoms. The van der Waals surface area contributed by atoms with Crippen LogP contribution in [0.1, 0.15) is 317 Å². The number of hydrogen-bond donors (Lipinski definition) is 1. The number of nitrogens with zero attached hydrogens (tertiary/aromatic N) is 1. The lowest BCUT2D eigenvalue weighted by Gasteiger charge is -2.37. The van der Waals surface area contributed by atoms with Gasteiger partial charge in [0, 0.05) is 38.6 Å². The van der Waals surface area contributed by atoms with E-state index in [9.17, 15) is 19.5 Å². The third kappa shape index (κ3) is 37.7. The van der Waals surface area contributed by atoms with Gasteiger partial charge in [0.2, 0.25) is 5.79 Å². The Bertz CT molecular complexity index is 1170. The van der Waals surface area contributed by atoms with E-state index >= 15 is 0 Å². The normalized spacial score (nSPS) is 16.4. The van der Waals surface area contributed by atoms with Gasteiger partial charge in [0.1, 0.15) is 6.04 Å². The molecule has 1 rings (SSSR count). The number of aliphatic hydroxyl groups excluding tert-OH is 1. The number of unbranched alkanes of at least 4 members (excludes halogenated alkanes) is 30. The van der Waals surface area contributed by atoms with E-state index < -0.39 is 17.9 Å². The highest BCUT2D eigenvalue weighted by molar-refractivity contribution is 5.76. The van der Waals surface area contributed by atoms with Crippen LogP contribution in [0.25, 0.3) is 0 Å². The maximum Gasteiger partial charge on any atom is 0.323 e. The average Bonchev–Trinajstić information content (AvgIpc) is 3.72. The molecule has 4 atom stereocenters. The molecule has 0 bridgehead atoms. The van der Waals surface area contributed by atoms with Crippen molar-refractivity contribution in [3.8, 4) is 0 Å². The van der Waals surface area contributed by atoms with Crippen molar-refractivity contribution in [2.45, 2.75) is 341 Å². The smallest absolute Gasteiger partial charge is 0.323 e. The van der Waals surface area contributed by atoms with E-state index in [1.807, 2.05) is 0 Å². The first kappa shape index (κ1) is 65.3. The second kappa shape index (κ2) is 47.3. The zero-order chi connectivity index (χ0) is 50.3. The molecule has 0 aromatic rings. The van der Waals surface area contributed by atoms with Crippen LogP contribution in [0.2, 0.25) is 0 Å². The Morgan fingerprint density at radius 3 is 1.39 bits per heavy atom. The van der Waals surface area contributed by atoms with E-state index in [2.05, 4.69) is 39.5 Å². The Labute approximate surface area is 427 Å². The number of ether oxygens (including phenoxy) is 4. The zero-order valence-corrected chi connectivity index (χ0v) is 46.4. The third-order valence-corrected chi connectivity index (χ3v) is 14.5. The quantitative estimate of drug-likeness (QED) is 0.0276. The first-order chi connectivity index (χ1) is 33.7. The minimum atomic E-state index is -0.830. The van der Waals surface area contributed by atoms with Crippen molar-refractivity contribution in [3.05, 3.63) is 0 Å². The predicted octanol–water partition coefficient (Wildman–Crippen LogP) is 17.0. The van der Waals surface area contributed by atoms with Gasteiger partial charge >= 0.3 is 17.9 Å². The summed E-state index contributed by atoms with van der Waals surface area (Å²) in [6.45, 7) is 13.4. The summed E-state index contributed by atoms with van der Waals surface area (Å²) < 4.78 is 25.0. The maximum absolute atomic E-state index is 13.8. The predicted molar refractivity (Wildman–Crippen MR) is 288 cm³/mol. The Hall–Kier alpha value is -1.71. The fourth-order valence-electron chi connectivity index (χ4n) is 10.1. The van der Waals surface area contributed by atoms with Crippen molar-refractivity contribution in [1.82, 2.24) is 4.90 Å². The van der Waals surface area contributed by atoms with Crippen LogP contribution in [0.3, 0.4) is 0 Å². The summed E-state index contributed by atoms with van der Waals surface area (Å²) in [4.78, 5) is 41.2. The summed E-state index contributed by atoms with van der Waals surface area (Å²) in [6.07, 6.45) is 47.0. The third-order valence-electron chi connectivity index (χ3n) is 14.5. The highest BCUT2D eigenvalue weighted by atomic mass is 16.7. The lowest BCUT2D eigenvalue weighted by atomic mass is 9.97. The molecule has 9 heteroatoms. The molecule has 1 heterocycles. The molecule has 0 saturated carbocycles. The standard InChI is InChI=1S/C60H115NO8/c1-6-11-16-21-24-25-26-31-41-50-66-57(63)45-37-33-40-49-61-53-54(62)52-56(61)59(65)67-51-42-32-27-29-36-46-58(64)69-60(47-38-20-15-10-5,48-39-30-23-18-13-8-3)68-55(43-34-19-14-9-4)44-35-28-22-17-12-7-2/h54-56,62H,6-53H2,1-5H3/t54?,55?,56-,60?/m0/s1. The highest BCUT2D eigenvalue weighted by Gasteiger charge is 2.38. The van der Waals surface area contributed by atoms with E-state index in [-0.39, 0.29) is 24.0 Å². The van der Waals surface area contributed by atoms with Crippen molar-refractivity contribution in [1.29, 1.82) is 0 Å². The van der Waals surface area contributed by atoms with Crippen molar-refractivity contribution < 1.29 is 38.4 Å². The molecule has 1 aliphatic heterocycles. The highest BCUT2D eigenvalue weighted by Crippen LogP contribution is 2.34. The van der Waals surface area contributed by atoms with Crippen LogP contribution in [0.5, 0.6) is 0 Å². The molecule has 0 spiro atoms. The number of rotatable bonds is 52. The van der Waals surface area contributed by atoms with E-state index in [0.717, 1.165) is 116 Å². The molecule has 0 aromatic heterocycles. The molecular weight excluding hydrogens is 863 g/mol. The molecule has 0 aliphatic carbocycles. The van der Waals surface area contributed by atoms with Gasteiger partial charge in [-0.15, -0.1) is 0 Å². The summed E-state index contributed by atoms with van der Waals surface area (Å²) in [5.74, 6) is -1.30. The minimum Gasteiger partial charge on any atom is -0.466 e. The zero-order valence-electron chi connectivity index (χ0n) is 46.4. The molecular formula is C60H115NO8. The summed E-state index contributed by atoms with van der Waals surface area (Å²) in [5.41, 5.74) is 0. The number of aliphatic hydroxyl groups is 1. The summed E-state index contributed by atoms with van der Waals surface area (Å²) in [6, 6.07) is -0.414. The number of hydrogen-bond acceptors (Lipinski definition) is 9. The SMILES string of the molecule is CCCCCCCCCCCOC(=O)CCCCCN1CC(O)C[C@H]1C(=O)OCCCCCCCC(=O)OC(CCCCCC)(CCCCCCCC)OC(CCCCCC)CCCCCCCC.